The van der Waals surface area contributed by atoms with Crippen LogP contribution in [-0.2, 0) is 17.5 Å². The highest BCUT2D eigenvalue weighted by atomic mass is 19.4. The third kappa shape index (κ3) is 6.39. The molecule has 1 aliphatic heterocycles. The zero-order chi connectivity index (χ0) is 29.0. The number of tetrazole rings is 1. The van der Waals surface area contributed by atoms with Crippen LogP contribution in [0.5, 0.6) is 5.75 Å². The second kappa shape index (κ2) is 12.1. The zero-order valence-corrected chi connectivity index (χ0v) is 22.4. The molecule has 9 nitrogen and oxygen atoms in total. The van der Waals surface area contributed by atoms with Gasteiger partial charge in [0.05, 0.1) is 19.3 Å². The fourth-order valence-corrected chi connectivity index (χ4v) is 5.52. The minimum Gasteiger partial charge on any atom is -0.496 e. The van der Waals surface area contributed by atoms with Crippen LogP contribution in [0.3, 0.4) is 0 Å². The van der Waals surface area contributed by atoms with E-state index in [0.717, 1.165) is 11.1 Å². The van der Waals surface area contributed by atoms with Gasteiger partial charge >= 0.3 is 6.18 Å². The number of methoxy groups -OCH3 is 1. The first-order valence-electron chi connectivity index (χ1n) is 13.1. The average Bonchev–Trinajstić information content (AvgIpc) is 3.47. The lowest BCUT2D eigenvalue weighted by atomic mass is 9.83. The predicted molar refractivity (Wildman–Crippen MR) is 145 cm³/mol. The van der Waals surface area contributed by atoms with E-state index < -0.39 is 17.9 Å². The monoisotopic (exact) mass is 565 g/mol. The summed E-state index contributed by atoms with van der Waals surface area (Å²) in [6.45, 7) is 2.29. The molecule has 1 saturated heterocycles. The Morgan fingerprint density at radius 2 is 1.68 bits per heavy atom. The topological polar surface area (TPSA) is 102 Å². The van der Waals surface area contributed by atoms with Crippen LogP contribution < -0.4 is 10.5 Å². The number of ether oxygens (including phenoxy) is 1. The Morgan fingerprint density at radius 1 is 1.02 bits per heavy atom. The van der Waals surface area contributed by atoms with Gasteiger partial charge in [0.15, 0.2) is 0 Å². The minimum absolute atomic E-state index is 0.0525. The Balaban J connectivity index is 1.48. The molecule has 5 rings (SSSR count). The van der Waals surface area contributed by atoms with Crippen molar-refractivity contribution < 1.29 is 22.7 Å². The summed E-state index contributed by atoms with van der Waals surface area (Å²) in [6.07, 6.45) is -4.71. The number of hydrogen-bond acceptors (Lipinski definition) is 7. The second-order valence-electron chi connectivity index (χ2n) is 9.95. The predicted octanol–water partition coefficient (Wildman–Crippen LogP) is 3.49. The highest BCUT2D eigenvalue weighted by Gasteiger charge is 2.39. The van der Waals surface area contributed by atoms with Crippen molar-refractivity contribution in [3.63, 3.8) is 0 Å². The lowest BCUT2D eigenvalue weighted by molar-refractivity contribution is -0.146. The van der Waals surface area contributed by atoms with E-state index in [9.17, 15) is 18.0 Å². The molecule has 1 aromatic heterocycles. The Labute approximate surface area is 235 Å². The summed E-state index contributed by atoms with van der Waals surface area (Å²) in [5, 5.41) is 9.96. The minimum atomic E-state index is -4.71. The Bertz CT molecular complexity index is 1420. The molecule has 41 heavy (non-hydrogen) atoms. The lowest BCUT2D eigenvalue weighted by Gasteiger charge is -2.45. The number of nitrogens with zero attached hydrogens (tertiary/aromatic N) is 6. The number of benzene rings is 3. The number of aromatic nitrogens is 4. The smallest absolute Gasteiger partial charge is 0.453 e. The molecular weight excluding hydrogens is 535 g/mol. The Morgan fingerprint density at radius 3 is 2.27 bits per heavy atom. The molecule has 1 unspecified atom stereocenters. The molecule has 0 bridgehead atoms. The van der Waals surface area contributed by atoms with E-state index >= 15 is 0 Å². The molecule has 0 saturated carbocycles. The summed E-state index contributed by atoms with van der Waals surface area (Å²) in [5.74, 6) is -1.13. The number of rotatable bonds is 9. The maximum atomic E-state index is 13.5. The lowest BCUT2D eigenvalue weighted by Crippen LogP contribution is -2.57. The van der Waals surface area contributed by atoms with Crippen LogP contribution in [0.1, 0.15) is 28.4 Å². The highest BCUT2D eigenvalue weighted by molar-refractivity contribution is 5.76. The summed E-state index contributed by atoms with van der Waals surface area (Å²) in [5.41, 5.74) is 8.74. The third-order valence-electron chi connectivity index (χ3n) is 7.30. The molecule has 2 heterocycles. The first-order valence-corrected chi connectivity index (χ1v) is 13.1. The van der Waals surface area contributed by atoms with Gasteiger partial charge in [0, 0.05) is 43.7 Å². The van der Waals surface area contributed by atoms with Gasteiger partial charge in [-0.25, -0.2) is 0 Å². The van der Waals surface area contributed by atoms with E-state index in [-0.39, 0.29) is 24.2 Å². The summed E-state index contributed by atoms with van der Waals surface area (Å²) in [6, 6.07) is 24.8. The molecule has 1 aliphatic rings. The van der Waals surface area contributed by atoms with E-state index in [1.54, 1.807) is 12.1 Å². The first kappa shape index (κ1) is 28.2. The molecule has 214 valence electrons. The Kier molecular flexibility index (Phi) is 8.31. The number of alkyl halides is 3. The van der Waals surface area contributed by atoms with Crippen molar-refractivity contribution in [3.05, 3.63) is 101 Å². The fourth-order valence-electron chi connectivity index (χ4n) is 5.52. The van der Waals surface area contributed by atoms with Gasteiger partial charge in [-0.2, -0.15) is 17.9 Å². The van der Waals surface area contributed by atoms with Crippen LogP contribution in [0, 0.1) is 0 Å². The standard InChI is InChI=1S/C29H30F3N7O2/c1-41-25-13-12-23(39-28(29(30,31)32)34-35-36-39)16-22(25)17-37-14-15-38(19-26(33)40)24(18-37)27(20-8-4-2-5-9-20)21-10-6-3-7-11-21/h2-13,16,24,27H,14-15,17-19H2,1H3,(H2,33,40). The second-order valence-corrected chi connectivity index (χ2v) is 9.95. The number of carbonyl (C=O) groups is 1. The van der Waals surface area contributed by atoms with Crippen molar-refractivity contribution in [2.24, 2.45) is 5.73 Å². The highest BCUT2D eigenvalue weighted by Crippen LogP contribution is 2.34. The van der Waals surface area contributed by atoms with Crippen molar-refractivity contribution in [2.45, 2.75) is 24.7 Å². The van der Waals surface area contributed by atoms with Crippen molar-refractivity contribution >= 4 is 5.91 Å². The molecule has 3 aromatic carbocycles. The number of nitrogens with two attached hydrogens (primary N) is 1. The average molecular weight is 566 g/mol. The SMILES string of the molecule is COc1ccc(-n2nnnc2C(F)(F)F)cc1CN1CCN(CC(N)=O)C(C(c2ccccc2)c2ccccc2)C1. The fraction of sp³-hybridized carbons (Fsp3) is 0.310. The van der Waals surface area contributed by atoms with Crippen LogP contribution in [0.15, 0.2) is 78.9 Å². The number of carbonyl (C=O) groups excluding carboxylic acids is 1. The van der Waals surface area contributed by atoms with Crippen LogP contribution in [-0.4, -0.2) is 75.2 Å². The molecule has 0 aliphatic carbocycles. The normalized spacial score (nSPS) is 16.7. The van der Waals surface area contributed by atoms with E-state index in [4.69, 9.17) is 10.5 Å². The van der Waals surface area contributed by atoms with Gasteiger partial charge in [-0.1, -0.05) is 60.7 Å². The Hall–Kier alpha value is -4.29. The van der Waals surface area contributed by atoms with Gasteiger partial charge in [-0.3, -0.25) is 14.6 Å². The number of hydrogen-bond donors (Lipinski definition) is 1. The van der Waals surface area contributed by atoms with E-state index in [1.165, 1.54) is 13.2 Å². The quantitative estimate of drug-likeness (QED) is 0.332. The summed E-state index contributed by atoms with van der Waals surface area (Å²) >= 11 is 0. The summed E-state index contributed by atoms with van der Waals surface area (Å²) in [4.78, 5) is 16.4. The number of halogens is 3. The third-order valence-corrected chi connectivity index (χ3v) is 7.30. The maximum Gasteiger partial charge on any atom is 0.453 e. The van der Waals surface area contributed by atoms with Crippen molar-refractivity contribution in [1.82, 2.24) is 30.0 Å². The first-order chi connectivity index (χ1) is 19.7. The van der Waals surface area contributed by atoms with Crippen molar-refractivity contribution in [1.29, 1.82) is 0 Å². The van der Waals surface area contributed by atoms with Gasteiger partial charge < -0.3 is 10.5 Å². The number of piperazine rings is 1. The molecule has 0 radical (unpaired) electrons. The van der Waals surface area contributed by atoms with E-state index in [2.05, 4.69) is 49.6 Å². The molecule has 12 heteroatoms. The summed E-state index contributed by atoms with van der Waals surface area (Å²) < 4.78 is 46.7. The number of amides is 1. The maximum absolute atomic E-state index is 13.5. The largest absolute Gasteiger partial charge is 0.496 e. The van der Waals surface area contributed by atoms with Gasteiger partial charge in [0.1, 0.15) is 5.75 Å². The van der Waals surface area contributed by atoms with E-state index in [1.807, 2.05) is 36.4 Å². The van der Waals surface area contributed by atoms with Gasteiger partial charge in [0.25, 0.3) is 5.82 Å². The zero-order valence-electron chi connectivity index (χ0n) is 22.4. The molecular formula is C29H30F3N7O2. The van der Waals surface area contributed by atoms with Crippen LogP contribution in [0.2, 0.25) is 0 Å². The number of primary amides is 1. The van der Waals surface area contributed by atoms with Gasteiger partial charge in [-0.05, 0) is 39.8 Å². The molecule has 1 atom stereocenters. The van der Waals surface area contributed by atoms with E-state index in [0.29, 0.717) is 42.2 Å². The molecule has 1 amide bonds. The van der Waals surface area contributed by atoms with Gasteiger partial charge in [-0.15, -0.1) is 5.10 Å². The molecule has 2 N–H and O–H groups in total. The molecule has 1 fully saturated rings. The molecule has 4 aromatic rings. The van der Waals surface area contributed by atoms with Crippen molar-refractivity contribution in [3.8, 4) is 11.4 Å². The van der Waals surface area contributed by atoms with Gasteiger partial charge in [0.2, 0.25) is 5.91 Å². The van der Waals surface area contributed by atoms with Crippen LogP contribution in [0.4, 0.5) is 13.2 Å². The summed E-state index contributed by atoms with van der Waals surface area (Å²) in [7, 11) is 1.52. The van der Waals surface area contributed by atoms with Crippen LogP contribution in [0.25, 0.3) is 5.69 Å². The molecule has 0 spiro atoms. The van der Waals surface area contributed by atoms with Crippen LogP contribution >= 0.6 is 0 Å². The van der Waals surface area contributed by atoms with Crippen molar-refractivity contribution in [2.75, 3.05) is 33.3 Å².